The molecule has 0 radical (unpaired) electrons. The molecule has 0 unspecified atom stereocenters. The second kappa shape index (κ2) is 11.1. The molecule has 10 heteroatoms. The topological polar surface area (TPSA) is 103 Å². The fourth-order valence-corrected chi connectivity index (χ4v) is 4.55. The predicted molar refractivity (Wildman–Crippen MR) is 130 cm³/mol. The van der Waals surface area contributed by atoms with Crippen molar-refractivity contribution in [3.8, 4) is 17.2 Å². The molecule has 3 aromatic carbocycles. The smallest absolute Gasteiger partial charge is 0.261 e. The van der Waals surface area contributed by atoms with Gasteiger partial charge >= 0.3 is 0 Å². The minimum Gasteiger partial charge on any atom is -0.497 e. The van der Waals surface area contributed by atoms with E-state index in [4.69, 9.17) is 25.8 Å². The zero-order valence-electron chi connectivity index (χ0n) is 18.9. The summed E-state index contributed by atoms with van der Waals surface area (Å²) in [5, 5.41) is 2.89. The number of sulfonamides is 1. The molecule has 0 fully saturated rings. The van der Waals surface area contributed by atoms with E-state index < -0.39 is 10.0 Å². The SMILES string of the molecule is COc1ccc(NS(=O)(=O)c2ccc(OCC(=O)N[C@@H](C)c3ccccc3OC)c(Cl)c2)cc1. The number of amides is 1. The van der Waals surface area contributed by atoms with Crippen molar-refractivity contribution < 1.29 is 27.4 Å². The Balaban J connectivity index is 1.61. The lowest BCUT2D eigenvalue weighted by molar-refractivity contribution is -0.123. The van der Waals surface area contributed by atoms with Gasteiger partial charge in [0.05, 0.1) is 30.2 Å². The number of carbonyl (C=O) groups is 1. The van der Waals surface area contributed by atoms with E-state index in [2.05, 4.69) is 10.0 Å². The molecule has 3 aromatic rings. The van der Waals surface area contributed by atoms with Crippen LogP contribution in [0.15, 0.2) is 71.6 Å². The first-order valence-electron chi connectivity index (χ1n) is 10.2. The van der Waals surface area contributed by atoms with E-state index >= 15 is 0 Å². The summed E-state index contributed by atoms with van der Waals surface area (Å²) < 4.78 is 43.7. The summed E-state index contributed by atoms with van der Waals surface area (Å²) in [6, 6.07) is 17.5. The number of nitrogens with one attached hydrogen (secondary N) is 2. The molecule has 0 aromatic heterocycles. The van der Waals surface area contributed by atoms with Gasteiger partial charge in [0.2, 0.25) is 0 Å². The molecule has 3 rings (SSSR count). The molecule has 180 valence electrons. The van der Waals surface area contributed by atoms with Crippen LogP contribution in [-0.2, 0) is 14.8 Å². The summed E-state index contributed by atoms with van der Waals surface area (Å²) in [6.45, 7) is 1.54. The van der Waals surface area contributed by atoms with Crippen molar-refractivity contribution in [1.29, 1.82) is 0 Å². The Morgan fingerprint density at radius 2 is 1.68 bits per heavy atom. The number of benzene rings is 3. The molecule has 0 heterocycles. The number of hydrogen-bond donors (Lipinski definition) is 2. The lowest BCUT2D eigenvalue weighted by Crippen LogP contribution is -2.31. The summed E-state index contributed by atoms with van der Waals surface area (Å²) >= 11 is 6.22. The minimum atomic E-state index is -3.88. The molecule has 0 aliphatic carbocycles. The van der Waals surface area contributed by atoms with E-state index in [9.17, 15) is 13.2 Å². The van der Waals surface area contributed by atoms with Gasteiger partial charge in [-0.15, -0.1) is 0 Å². The molecule has 0 bridgehead atoms. The first-order valence-corrected chi connectivity index (χ1v) is 12.1. The van der Waals surface area contributed by atoms with Crippen LogP contribution < -0.4 is 24.2 Å². The van der Waals surface area contributed by atoms with Gasteiger partial charge in [-0.05, 0) is 55.5 Å². The molecule has 1 amide bonds. The third kappa shape index (κ3) is 6.33. The third-order valence-corrected chi connectivity index (χ3v) is 6.57. The average Bonchev–Trinajstić information content (AvgIpc) is 2.83. The van der Waals surface area contributed by atoms with Crippen molar-refractivity contribution in [2.45, 2.75) is 17.9 Å². The van der Waals surface area contributed by atoms with E-state index in [0.717, 1.165) is 5.56 Å². The first-order chi connectivity index (χ1) is 16.2. The maximum Gasteiger partial charge on any atom is 0.261 e. The first kappa shape index (κ1) is 25.2. The maximum atomic E-state index is 12.7. The van der Waals surface area contributed by atoms with Gasteiger partial charge in [0.1, 0.15) is 17.2 Å². The van der Waals surface area contributed by atoms with E-state index in [1.165, 1.54) is 25.3 Å². The Bertz CT molecular complexity index is 1250. The van der Waals surface area contributed by atoms with Crippen LogP contribution in [-0.4, -0.2) is 35.2 Å². The summed E-state index contributed by atoms with van der Waals surface area (Å²) in [4.78, 5) is 12.3. The van der Waals surface area contributed by atoms with Gasteiger partial charge in [-0.1, -0.05) is 29.8 Å². The Morgan fingerprint density at radius 3 is 2.32 bits per heavy atom. The van der Waals surface area contributed by atoms with Crippen molar-refractivity contribution in [1.82, 2.24) is 5.32 Å². The number of anilines is 1. The van der Waals surface area contributed by atoms with Crippen molar-refractivity contribution in [3.05, 3.63) is 77.3 Å². The molecule has 0 spiro atoms. The Hall–Kier alpha value is -3.43. The van der Waals surface area contributed by atoms with Crippen LogP contribution in [0.1, 0.15) is 18.5 Å². The van der Waals surface area contributed by atoms with Gasteiger partial charge in [0.15, 0.2) is 6.61 Å². The standard InChI is InChI=1S/C24H25ClN2O6S/c1-16(20-6-4-5-7-22(20)32-3)26-24(28)15-33-23-13-12-19(14-21(23)25)34(29,30)27-17-8-10-18(31-2)11-9-17/h4-14,16,27H,15H2,1-3H3,(H,26,28)/t16-/m0/s1. The molecule has 2 N–H and O–H groups in total. The normalized spacial score (nSPS) is 11.9. The number of ether oxygens (including phenoxy) is 3. The van der Waals surface area contributed by atoms with Crippen molar-refractivity contribution in [2.75, 3.05) is 25.5 Å². The fourth-order valence-electron chi connectivity index (χ4n) is 3.17. The number of halogens is 1. The van der Waals surface area contributed by atoms with Gasteiger partial charge in [-0.2, -0.15) is 0 Å². The van der Waals surface area contributed by atoms with Crippen LogP contribution in [0, 0.1) is 0 Å². The summed E-state index contributed by atoms with van der Waals surface area (Å²) in [5.41, 5.74) is 1.20. The molecule has 1 atom stereocenters. The lowest BCUT2D eigenvalue weighted by Gasteiger charge is -2.17. The zero-order valence-corrected chi connectivity index (χ0v) is 20.4. The second-order valence-electron chi connectivity index (χ2n) is 7.25. The highest BCUT2D eigenvalue weighted by molar-refractivity contribution is 7.92. The van der Waals surface area contributed by atoms with E-state index in [1.807, 2.05) is 31.2 Å². The summed E-state index contributed by atoms with van der Waals surface area (Å²) in [7, 11) is -0.791. The molecular weight excluding hydrogens is 480 g/mol. The Labute approximate surface area is 203 Å². The number of rotatable bonds is 10. The van der Waals surface area contributed by atoms with Crippen LogP contribution in [0.3, 0.4) is 0 Å². The van der Waals surface area contributed by atoms with Gasteiger partial charge in [0, 0.05) is 11.3 Å². The van der Waals surface area contributed by atoms with Crippen molar-refractivity contribution >= 4 is 33.2 Å². The molecule has 34 heavy (non-hydrogen) atoms. The van der Waals surface area contributed by atoms with Crippen LogP contribution in [0.25, 0.3) is 0 Å². The molecule has 0 saturated carbocycles. The van der Waals surface area contributed by atoms with Crippen molar-refractivity contribution in [2.24, 2.45) is 0 Å². The maximum absolute atomic E-state index is 12.7. The monoisotopic (exact) mass is 504 g/mol. The number of carbonyl (C=O) groups excluding carboxylic acids is 1. The van der Waals surface area contributed by atoms with Gasteiger partial charge in [0.25, 0.3) is 15.9 Å². The van der Waals surface area contributed by atoms with Crippen LogP contribution >= 0.6 is 11.6 Å². The van der Waals surface area contributed by atoms with Gasteiger partial charge < -0.3 is 19.5 Å². The van der Waals surface area contributed by atoms with Crippen LogP contribution in [0.5, 0.6) is 17.2 Å². The van der Waals surface area contributed by atoms with Crippen LogP contribution in [0.2, 0.25) is 5.02 Å². The average molecular weight is 505 g/mol. The largest absolute Gasteiger partial charge is 0.497 e. The van der Waals surface area contributed by atoms with Crippen molar-refractivity contribution in [3.63, 3.8) is 0 Å². The lowest BCUT2D eigenvalue weighted by atomic mass is 10.1. The molecular formula is C24H25ClN2O6S. The number of para-hydroxylation sites is 1. The van der Waals surface area contributed by atoms with E-state index in [0.29, 0.717) is 17.2 Å². The predicted octanol–water partition coefficient (Wildman–Crippen LogP) is 4.41. The van der Waals surface area contributed by atoms with Crippen LogP contribution in [0.4, 0.5) is 5.69 Å². The highest BCUT2D eigenvalue weighted by Crippen LogP contribution is 2.29. The highest BCUT2D eigenvalue weighted by Gasteiger charge is 2.18. The minimum absolute atomic E-state index is 0.0464. The zero-order chi connectivity index (χ0) is 24.7. The van der Waals surface area contributed by atoms with E-state index in [-0.39, 0.29) is 34.2 Å². The van der Waals surface area contributed by atoms with Gasteiger partial charge in [-0.3, -0.25) is 9.52 Å². The number of methoxy groups -OCH3 is 2. The second-order valence-corrected chi connectivity index (χ2v) is 9.34. The number of hydrogen-bond acceptors (Lipinski definition) is 6. The van der Waals surface area contributed by atoms with E-state index in [1.54, 1.807) is 31.4 Å². The molecule has 0 saturated heterocycles. The van der Waals surface area contributed by atoms with Gasteiger partial charge in [-0.25, -0.2) is 8.42 Å². The third-order valence-electron chi connectivity index (χ3n) is 4.90. The highest BCUT2D eigenvalue weighted by atomic mass is 35.5. The fraction of sp³-hybridized carbons (Fsp3) is 0.208. The molecule has 0 aliphatic heterocycles. The summed E-state index contributed by atoms with van der Waals surface area (Å²) in [5.74, 6) is 1.09. The Morgan fingerprint density at radius 1 is 0.971 bits per heavy atom. The molecule has 8 nitrogen and oxygen atoms in total. The summed E-state index contributed by atoms with van der Waals surface area (Å²) in [6.07, 6.45) is 0. The quantitative estimate of drug-likeness (QED) is 0.424. The molecule has 0 aliphatic rings. The Kier molecular flexibility index (Phi) is 8.25.